The molecule has 5 nitrogen and oxygen atoms in total. The van der Waals surface area contributed by atoms with Gasteiger partial charge in [0.15, 0.2) is 0 Å². The lowest BCUT2D eigenvalue weighted by Gasteiger charge is -2.25. The number of aliphatic carboxylic acids is 1. The SMILES string of the molecule is CCCC(C)(NCc1cn(C)nc1CC)C(=O)O. The van der Waals surface area contributed by atoms with E-state index in [9.17, 15) is 9.90 Å². The van der Waals surface area contributed by atoms with Crippen LogP contribution in [-0.2, 0) is 24.8 Å². The average Bonchev–Trinajstić information content (AvgIpc) is 2.67. The third-order valence-corrected chi connectivity index (χ3v) is 3.22. The molecule has 0 fully saturated rings. The molecule has 0 aliphatic rings. The van der Waals surface area contributed by atoms with E-state index in [1.807, 2.05) is 27.1 Å². The van der Waals surface area contributed by atoms with Crippen molar-refractivity contribution >= 4 is 5.97 Å². The Morgan fingerprint density at radius 1 is 1.56 bits per heavy atom. The first-order valence-electron chi connectivity index (χ1n) is 6.42. The Morgan fingerprint density at radius 3 is 2.72 bits per heavy atom. The minimum absolute atomic E-state index is 0.541. The first kappa shape index (κ1) is 14.7. The Morgan fingerprint density at radius 2 is 2.22 bits per heavy atom. The zero-order valence-corrected chi connectivity index (χ0v) is 11.7. The van der Waals surface area contributed by atoms with E-state index in [2.05, 4.69) is 10.4 Å². The highest BCUT2D eigenvalue weighted by atomic mass is 16.4. The van der Waals surface area contributed by atoms with Crippen molar-refractivity contribution < 1.29 is 9.90 Å². The molecule has 0 bridgehead atoms. The molecule has 1 unspecified atom stereocenters. The maximum atomic E-state index is 11.3. The number of nitrogens with zero attached hydrogens (tertiary/aromatic N) is 2. The molecule has 2 N–H and O–H groups in total. The molecule has 5 heteroatoms. The lowest BCUT2D eigenvalue weighted by molar-refractivity contribution is -0.144. The number of nitrogens with one attached hydrogen (secondary N) is 1. The molecule has 0 amide bonds. The Kier molecular flexibility index (Phi) is 4.90. The van der Waals surface area contributed by atoms with Crippen LogP contribution in [0.15, 0.2) is 6.20 Å². The topological polar surface area (TPSA) is 67.2 Å². The van der Waals surface area contributed by atoms with Gasteiger partial charge in [0.1, 0.15) is 5.54 Å². The number of aromatic nitrogens is 2. The summed E-state index contributed by atoms with van der Waals surface area (Å²) >= 11 is 0. The molecule has 0 saturated heterocycles. The van der Waals surface area contributed by atoms with Gasteiger partial charge in [0, 0.05) is 25.4 Å². The van der Waals surface area contributed by atoms with Crippen LogP contribution in [0.1, 0.15) is 44.9 Å². The molecule has 1 aromatic rings. The summed E-state index contributed by atoms with van der Waals surface area (Å²) in [5, 5.41) is 16.8. The van der Waals surface area contributed by atoms with Crippen molar-refractivity contribution in [1.29, 1.82) is 0 Å². The smallest absolute Gasteiger partial charge is 0.323 e. The zero-order chi connectivity index (χ0) is 13.8. The van der Waals surface area contributed by atoms with Crippen LogP contribution < -0.4 is 5.32 Å². The number of carboxylic acids is 1. The summed E-state index contributed by atoms with van der Waals surface area (Å²) in [4.78, 5) is 11.3. The van der Waals surface area contributed by atoms with E-state index in [1.165, 1.54) is 0 Å². The third-order valence-electron chi connectivity index (χ3n) is 3.22. The molecule has 0 aliphatic heterocycles. The van der Waals surface area contributed by atoms with Crippen LogP contribution in [0.5, 0.6) is 0 Å². The third kappa shape index (κ3) is 3.32. The van der Waals surface area contributed by atoms with Gasteiger partial charge in [-0.2, -0.15) is 5.10 Å². The van der Waals surface area contributed by atoms with E-state index in [0.717, 1.165) is 24.1 Å². The quantitative estimate of drug-likeness (QED) is 0.776. The van der Waals surface area contributed by atoms with Crippen molar-refractivity contribution in [3.05, 3.63) is 17.5 Å². The lowest BCUT2D eigenvalue weighted by atomic mass is 9.96. The first-order chi connectivity index (χ1) is 8.42. The predicted molar refractivity (Wildman–Crippen MR) is 70.4 cm³/mol. The summed E-state index contributed by atoms with van der Waals surface area (Å²) in [6.07, 6.45) is 4.25. The monoisotopic (exact) mass is 253 g/mol. The van der Waals surface area contributed by atoms with Crippen molar-refractivity contribution in [3.63, 3.8) is 0 Å². The fraction of sp³-hybridized carbons (Fsp3) is 0.692. The van der Waals surface area contributed by atoms with Crippen LogP contribution in [0.3, 0.4) is 0 Å². The van der Waals surface area contributed by atoms with E-state index in [1.54, 1.807) is 11.6 Å². The van der Waals surface area contributed by atoms with E-state index >= 15 is 0 Å². The van der Waals surface area contributed by atoms with Crippen LogP contribution in [0.25, 0.3) is 0 Å². The Labute approximate surface area is 108 Å². The molecule has 1 aromatic heterocycles. The lowest BCUT2D eigenvalue weighted by Crippen LogP contribution is -2.49. The molecule has 0 aromatic carbocycles. The van der Waals surface area contributed by atoms with Crippen molar-refractivity contribution in [2.75, 3.05) is 0 Å². The largest absolute Gasteiger partial charge is 0.480 e. The normalized spacial score (nSPS) is 14.4. The van der Waals surface area contributed by atoms with Gasteiger partial charge in [0.2, 0.25) is 0 Å². The molecule has 1 rings (SSSR count). The Hall–Kier alpha value is -1.36. The fourth-order valence-corrected chi connectivity index (χ4v) is 2.09. The molecule has 1 atom stereocenters. The summed E-state index contributed by atoms with van der Waals surface area (Å²) in [6, 6.07) is 0. The van der Waals surface area contributed by atoms with Gasteiger partial charge in [-0.05, 0) is 19.8 Å². The standard InChI is InChI=1S/C13H23N3O2/c1-5-7-13(3,12(17)18)14-8-10-9-16(4)15-11(10)6-2/h9,14H,5-8H2,1-4H3,(H,17,18). The van der Waals surface area contributed by atoms with Gasteiger partial charge in [-0.15, -0.1) is 0 Å². The molecule has 102 valence electrons. The van der Waals surface area contributed by atoms with E-state index < -0.39 is 11.5 Å². The summed E-state index contributed by atoms with van der Waals surface area (Å²) in [7, 11) is 1.88. The van der Waals surface area contributed by atoms with Crippen LogP contribution in [-0.4, -0.2) is 26.4 Å². The van der Waals surface area contributed by atoms with Crippen LogP contribution in [0.4, 0.5) is 0 Å². The number of aryl methyl sites for hydroxylation is 2. The summed E-state index contributed by atoms with van der Waals surface area (Å²) in [6.45, 7) is 6.32. The van der Waals surface area contributed by atoms with Crippen LogP contribution in [0.2, 0.25) is 0 Å². The molecular formula is C13H23N3O2. The van der Waals surface area contributed by atoms with Gasteiger partial charge >= 0.3 is 5.97 Å². The highest BCUT2D eigenvalue weighted by Gasteiger charge is 2.31. The van der Waals surface area contributed by atoms with Gasteiger partial charge < -0.3 is 5.11 Å². The highest BCUT2D eigenvalue weighted by Crippen LogP contribution is 2.15. The van der Waals surface area contributed by atoms with Gasteiger partial charge in [0.05, 0.1) is 5.69 Å². The number of carbonyl (C=O) groups is 1. The molecule has 18 heavy (non-hydrogen) atoms. The Balaban J connectivity index is 2.75. The van der Waals surface area contributed by atoms with E-state index in [0.29, 0.717) is 13.0 Å². The van der Waals surface area contributed by atoms with Crippen LogP contribution in [0, 0.1) is 0 Å². The number of hydrogen-bond donors (Lipinski definition) is 2. The minimum atomic E-state index is -0.865. The molecule has 0 spiro atoms. The summed E-state index contributed by atoms with van der Waals surface area (Å²) in [5.74, 6) is -0.800. The molecular weight excluding hydrogens is 230 g/mol. The van der Waals surface area contributed by atoms with Crippen LogP contribution >= 0.6 is 0 Å². The number of carboxylic acid groups (broad SMARTS) is 1. The van der Waals surface area contributed by atoms with Gasteiger partial charge in [-0.1, -0.05) is 20.3 Å². The molecule has 0 aliphatic carbocycles. The number of hydrogen-bond acceptors (Lipinski definition) is 3. The van der Waals surface area contributed by atoms with Crippen molar-refractivity contribution in [1.82, 2.24) is 15.1 Å². The molecule has 1 heterocycles. The van der Waals surface area contributed by atoms with Crippen molar-refractivity contribution in [2.45, 2.75) is 52.1 Å². The second kappa shape index (κ2) is 6.00. The maximum Gasteiger partial charge on any atom is 0.323 e. The molecule has 0 saturated carbocycles. The van der Waals surface area contributed by atoms with E-state index in [-0.39, 0.29) is 0 Å². The van der Waals surface area contributed by atoms with Crippen molar-refractivity contribution in [2.24, 2.45) is 7.05 Å². The minimum Gasteiger partial charge on any atom is -0.480 e. The van der Waals surface area contributed by atoms with Gasteiger partial charge in [0.25, 0.3) is 0 Å². The summed E-state index contributed by atoms with van der Waals surface area (Å²) in [5.41, 5.74) is 1.23. The van der Waals surface area contributed by atoms with Crippen molar-refractivity contribution in [3.8, 4) is 0 Å². The zero-order valence-electron chi connectivity index (χ0n) is 11.7. The number of rotatable bonds is 7. The Bertz CT molecular complexity index is 414. The van der Waals surface area contributed by atoms with E-state index in [4.69, 9.17) is 0 Å². The van der Waals surface area contributed by atoms with Gasteiger partial charge in [-0.25, -0.2) is 0 Å². The molecule has 0 radical (unpaired) electrons. The maximum absolute atomic E-state index is 11.3. The second-order valence-electron chi connectivity index (χ2n) is 4.87. The highest BCUT2D eigenvalue weighted by molar-refractivity contribution is 5.78. The fourth-order valence-electron chi connectivity index (χ4n) is 2.09. The first-order valence-corrected chi connectivity index (χ1v) is 6.42. The summed E-state index contributed by atoms with van der Waals surface area (Å²) < 4.78 is 1.77. The van der Waals surface area contributed by atoms with Gasteiger partial charge in [-0.3, -0.25) is 14.8 Å². The second-order valence-corrected chi connectivity index (χ2v) is 4.87. The predicted octanol–water partition coefficient (Wildman–Crippen LogP) is 1.72. The average molecular weight is 253 g/mol.